The van der Waals surface area contributed by atoms with Crippen LogP contribution in [0.5, 0.6) is 0 Å². The van der Waals surface area contributed by atoms with Crippen LogP contribution in [0.25, 0.3) is 0 Å². The fraction of sp³-hybridized carbons (Fsp3) is 0.400. The van der Waals surface area contributed by atoms with Crippen molar-refractivity contribution in [2.24, 2.45) is 0 Å². The summed E-state index contributed by atoms with van der Waals surface area (Å²) >= 11 is 5.55. The molecule has 1 heterocycles. The Morgan fingerprint density at radius 2 is 2.05 bits per heavy atom. The lowest BCUT2D eigenvalue weighted by Gasteiger charge is -2.16. The van der Waals surface area contributed by atoms with Crippen molar-refractivity contribution >= 4 is 23.4 Å². The summed E-state index contributed by atoms with van der Waals surface area (Å²) in [5.74, 6) is -1.62. The standard InChI is InChI=1S/C10H10ClF3N4O2/c1-18(4-8(19)16-5-10(12,13)14)9(20)6-2-15-3-7(11)17-6/h2-3H,4-5H2,1H3,(H,16,19). The second-order valence-corrected chi connectivity index (χ2v) is 4.17. The molecule has 0 atom stereocenters. The summed E-state index contributed by atoms with van der Waals surface area (Å²) in [4.78, 5) is 31.3. The van der Waals surface area contributed by atoms with E-state index in [9.17, 15) is 22.8 Å². The molecule has 0 aromatic carbocycles. The summed E-state index contributed by atoms with van der Waals surface area (Å²) in [6.45, 7) is -1.99. The summed E-state index contributed by atoms with van der Waals surface area (Å²) in [6.07, 6.45) is -2.15. The van der Waals surface area contributed by atoms with Crippen LogP contribution in [0.2, 0.25) is 5.15 Å². The molecule has 0 fully saturated rings. The third-order valence-electron chi connectivity index (χ3n) is 2.04. The van der Waals surface area contributed by atoms with Gasteiger partial charge in [-0.2, -0.15) is 13.2 Å². The number of carbonyl (C=O) groups is 2. The monoisotopic (exact) mass is 310 g/mol. The zero-order valence-electron chi connectivity index (χ0n) is 10.2. The molecule has 110 valence electrons. The van der Waals surface area contributed by atoms with Crippen LogP contribution in [-0.2, 0) is 4.79 Å². The van der Waals surface area contributed by atoms with Crippen molar-refractivity contribution in [2.45, 2.75) is 6.18 Å². The molecule has 0 spiro atoms. The second kappa shape index (κ2) is 6.51. The lowest BCUT2D eigenvalue weighted by atomic mass is 10.3. The van der Waals surface area contributed by atoms with Crippen molar-refractivity contribution in [3.05, 3.63) is 23.2 Å². The predicted octanol–water partition coefficient (Wildman–Crippen LogP) is 0.880. The Labute approximate surface area is 116 Å². The van der Waals surface area contributed by atoms with Gasteiger partial charge in [-0.25, -0.2) is 4.98 Å². The Morgan fingerprint density at radius 3 is 2.60 bits per heavy atom. The zero-order chi connectivity index (χ0) is 15.3. The van der Waals surface area contributed by atoms with Crippen molar-refractivity contribution in [1.82, 2.24) is 20.2 Å². The summed E-state index contributed by atoms with van der Waals surface area (Å²) in [6, 6.07) is 0. The van der Waals surface area contributed by atoms with Gasteiger partial charge in [0.1, 0.15) is 17.4 Å². The van der Waals surface area contributed by atoms with Crippen LogP contribution >= 0.6 is 11.6 Å². The maximum absolute atomic E-state index is 11.9. The highest BCUT2D eigenvalue weighted by atomic mass is 35.5. The number of halogens is 4. The second-order valence-electron chi connectivity index (χ2n) is 3.78. The van der Waals surface area contributed by atoms with Crippen LogP contribution in [0.3, 0.4) is 0 Å². The first-order chi connectivity index (χ1) is 9.19. The number of nitrogens with one attached hydrogen (secondary N) is 1. The topological polar surface area (TPSA) is 75.2 Å². The molecule has 0 unspecified atom stereocenters. The van der Waals surface area contributed by atoms with Crippen LogP contribution in [0.15, 0.2) is 12.4 Å². The molecule has 1 aromatic heterocycles. The van der Waals surface area contributed by atoms with Crippen LogP contribution in [0, 0.1) is 0 Å². The minimum Gasteiger partial charge on any atom is -0.345 e. The lowest BCUT2D eigenvalue weighted by Crippen LogP contribution is -2.41. The fourth-order valence-electron chi connectivity index (χ4n) is 1.18. The molecule has 0 bridgehead atoms. The highest BCUT2D eigenvalue weighted by Gasteiger charge is 2.28. The van der Waals surface area contributed by atoms with Gasteiger partial charge in [0, 0.05) is 7.05 Å². The molecule has 6 nitrogen and oxygen atoms in total. The predicted molar refractivity (Wildman–Crippen MR) is 63.1 cm³/mol. The number of alkyl halides is 3. The first-order valence-corrected chi connectivity index (χ1v) is 5.63. The number of likely N-dealkylation sites (N-methyl/N-ethyl adjacent to an activating group) is 1. The van der Waals surface area contributed by atoms with E-state index in [1.807, 2.05) is 0 Å². The SMILES string of the molecule is CN(CC(=O)NCC(F)(F)F)C(=O)c1cncc(Cl)n1. The summed E-state index contributed by atoms with van der Waals surface area (Å²) in [5, 5.41) is 1.64. The largest absolute Gasteiger partial charge is 0.405 e. The molecule has 0 saturated heterocycles. The molecular weight excluding hydrogens is 301 g/mol. The number of hydrogen-bond donors (Lipinski definition) is 1. The van der Waals surface area contributed by atoms with Gasteiger partial charge in [0.25, 0.3) is 5.91 Å². The first-order valence-electron chi connectivity index (χ1n) is 5.25. The van der Waals surface area contributed by atoms with Gasteiger partial charge in [0.15, 0.2) is 0 Å². The van der Waals surface area contributed by atoms with Crippen LogP contribution < -0.4 is 5.32 Å². The molecule has 0 saturated carbocycles. The molecule has 0 aliphatic rings. The molecule has 20 heavy (non-hydrogen) atoms. The molecule has 2 amide bonds. The van der Waals surface area contributed by atoms with E-state index in [0.29, 0.717) is 0 Å². The normalized spacial score (nSPS) is 11.1. The Hall–Kier alpha value is -1.90. The highest BCUT2D eigenvalue weighted by Crippen LogP contribution is 2.12. The maximum Gasteiger partial charge on any atom is 0.405 e. The summed E-state index contributed by atoms with van der Waals surface area (Å²) in [7, 11) is 1.25. The number of amides is 2. The molecule has 1 aromatic rings. The maximum atomic E-state index is 11.9. The van der Waals surface area contributed by atoms with Gasteiger partial charge in [-0.3, -0.25) is 14.6 Å². The number of nitrogens with zero attached hydrogens (tertiary/aromatic N) is 3. The molecule has 1 rings (SSSR count). The summed E-state index contributed by atoms with van der Waals surface area (Å²) in [5.41, 5.74) is -0.108. The van der Waals surface area contributed by atoms with Gasteiger partial charge < -0.3 is 10.2 Å². The Balaban J connectivity index is 2.56. The lowest BCUT2D eigenvalue weighted by molar-refractivity contribution is -0.138. The number of rotatable bonds is 4. The summed E-state index contributed by atoms with van der Waals surface area (Å²) < 4.78 is 35.7. The molecule has 0 aliphatic heterocycles. The fourth-order valence-corrected chi connectivity index (χ4v) is 1.33. The Bertz CT molecular complexity index is 510. The van der Waals surface area contributed by atoms with E-state index in [0.717, 1.165) is 11.1 Å². The van der Waals surface area contributed by atoms with E-state index in [1.54, 1.807) is 5.32 Å². The third kappa shape index (κ3) is 5.39. The Kier molecular flexibility index (Phi) is 5.26. The van der Waals surface area contributed by atoms with Crippen molar-refractivity contribution in [3.63, 3.8) is 0 Å². The van der Waals surface area contributed by atoms with Crippen molar-refractivity contribution < 1.29 is 22.8 Å². The molecule has 1 N–H and O–H groups in total. The van der Waals surface area contributed by atoms with E-state index in [1.165, 1.54) is 13.2 Å². The van der Waals surface area contributed by atoms with Gasteiger partial charge >= 0.3 is 6.18 Å². The average Bonchev–Trinajstić information content (AvgIpc) is 2.34. The van der Waals surface area contributed by atoms with E-state index >= 15 is 0 Å². The number of carbonyl (C=O) groups excluding carboxylic acids is 2. The zero-order valence-corrected chi connectivity index (χ0v) is 11.0. The van der Waals surface area contributed by atoms with Gasteiger partial charge in [0.2, 0.25) is 5.91 Å². The van der Waals surface area contributed by atoms with Crippen molar-refractivity contribution in [1.29, 1.82) is 0 Å². The van der Waals surface area contributed by atoms with E-state index in [2.05, 4.69) is 9.97 Å². The average molecular weight is 311 g/mol. The van der Waals surface area contributed by atoms with Crippen LogP contribution in [0.1, 0.15) is 10.5 Å². The Morgan fingerprint density at radius 1 is 1.40 bits per heavy atom. The number of hydrogen-bond acceptors (Lipinski definition) is 4. The first kappa shape index (κ1) is 16.2. The smallest absolute Gasteiger partial charge is 0.345 e. The quantitative estimate of drug-likeness (QED) is 0.896. The molecule has 10 heteroatoms. The van der Waals surface area contributed by atoms with Gasteiger partial charge in [-0.05, 0) is 0 Å². The minimum atomic E-state index is -4.50. The van der Waals surface area contributed by atoms with Crippen molar-refractivity contribution in [3.8, 4) is 0 Å². The van der Waals surface area contributed by atoms with Crippen LogP contribution in [0.4, 0.5) is 13.2 Å². The highest BCUT2D eigenvalue weighted by molar-refractivity contribution is 6.29. The van der Waals surface area contributed by atoms with Crippen molar-refractivity contribution in [2.75, 3.05) is 20.1 Å². The molecule has 0 radical (unpaired) electrons. The van der Waals surface area contributed by atoms with E-state index < -0.39 is 31.1 Å². The molecular formula is C10H10ClF3N4O2. The van der Waals surface area contributed by atoms with E-state index in [-0.39, 0.29) is 10.8 Å². The molecule has 0 aliphatic carbocycles. The number of aromatic nitrogens is 2. The minimum absolute atomic E-state index is 0.00854. The van der Waals surface area contributed by atoms with Gasteiger partial charge in [-0.1, -0.05) is 11.6 Å². The van der Waals surface area contributed by atoms with E-state index in [4.69, 9.17) is 11.6 Å². The van der Waals surface area contributed by atoms with Gasteiger partial charge in [0.05, 0.1) is 18.9 Å². The van der Waals surface area contributed by atoms with Crippen LogP contribution in [-0.4, -0.2) is 53.0 Å². The third-order valence-corrected chi connectivity index (χ3v) is 2.22. The van der Waals surface area contributed by atoms with Gasteiger partial charge in [-0.15, -0.1) is 0 Å².